The van der Waals surface area contributed by atoms with Gasteiger partial charge < -0.3 is 111 Å². The highest BCUT2D eigenvalue weighted by Crippen LogP contribution is 2.39. The maximum atomic E-state index is 15.5. The van der Waals surface area contributed by atoms with Crippen LogP contribution in [-0.4, -0.2) is 230 Å². The number of hydrogen-bond donors (Lipinski definition) is 20. The molecule has 108 heavy (non-hydrogen) atoms. The zero-order valence-electron chi connectivity index (χ0n) is 61.5. The van der Waals surface area contributed by atoms with Gasteiger partial charge in [0.25, 0.3) is 0 Å². The zero-order chi connectivity index (χ0) is 83.1. The molecule has 1 aliphatic carbocycles. The van der Waals surface area contributed by atoms with E-state index in [1.54, 1.807) is 41.5 Å². The van der Waals surface area contributed by atoms with Crippen LogP contribution in [0.15, 0.2) is 35.3 Å². The summed E-state index contributed by atoms with van der Waals surface area (Å²) in [5.74, 6) is -22.5. The molecule has 1 aromatic carbocycles. The Labute approximate surface area is 618 Å². The molecule has 11 amide bonds. The molecule has 0 bridgehead atoms. The highest BCUT2D eigenvalue weighted by Gasteiger charge is 2.45. The quantitative estimate of drug-likeness (QED) is 0.0172. The van der Waals surface area contributed by atoms with Crippen molar-refractivity contribution in [3.05, 3.63) is 35.9 Å². The van der Waals surface area contributed by atoms with E-state index in [1.807, 2.05) is 17.6 Å². The summed E-state index contributed by atoms with van der Waals surface area (Å²) < 4.78 is 69.4. The van der Waals surface area contributed by atoms with Crippen molar-refractivity contribution in [2.45, 2.75) is 237 Å². The van der Waals surface area contributed by atoms with E-state index in [0.717, 1.165) is 39.0 Å². The lowest BCUT2D eigenvalue weighted by Gasteiger charge is -2.36. The summed E-state index contributed by atoms with van der Waals surface area (Å²) in [7, 11) is 0. The number of nitrogens with one attached hydrogen (secondary N) is 10. The Morgan fingerprint density at radius 1 is 0.648 bits per heavy atom. The number of aliphatic imine (C=N–C) groups is 1. The first-order chi connectivity index (χ1) is 49.9. The highest BCUT2D eigenvalue weighted by atomic mass is 19.4. The lowest BCUT2D eigenvalue weighted by atomic mass is 9.72. The van der Waals surface area contributed by atoms with Crippen LogP contribution in [0.2, 0.25) is 0 Å². The molecule has 1 heterocycles. The first-order valence-corrected chi connectivity index (χ1v) is 34.5. The van der Waals surface area contributed by atoms with Gasteiger partial charge >= 0.3 is 30.3 Å². The second-order valence-electron chi connectivity index (χ2n) is 27.6. The fourth-order valence-electron chi connectivity index (χ4n) is 10.9. The number of rotatable bonds is 23. The molecule has 0 aromatic heterocycles. The number of carbonyl (C=O) groups is 14. The summed E-state index contributed by atoms with van der Waals surface area (Å²) in [5, 5.41) is 82.8. The Bertz CT molecular complexity index is 3210. The van der Waals surface area contributed by atoms with E-state index in [-0.39, 0.29) is 73.8 Å². The largest absolute Gasteiger partial charge is 0.490 e. The number of nitrogens with two attached hydrogens (primary N) is 4. The molecule has 1 saturated carbocycles. The number of carbonyl (C=O) groups excluding carboxylic acids is 12. The molecule has 1 saturated heterocycles. The number of ether oxygens (including phenoxy) is 1. The van der Waals surface area contributed by atoms with Gasteiger partial charge in [-0.05, 0) is 86.5 Å². The van der Waals surface area contributed by atoms with Gasteiger partial charge in [-0.2, -0.15) is 26.3 Å². The predicted molar refractivity (Wildman–Crippen MR) is 370 cm³/mol. The fraction of sp³-hybridized carbons (Fsp3) is 0.682. The number of carboxylic acids is 2. The first-order valence-electron chi connectivity index (χ1n) is 34.5. The number of hydrogen-bond acceptors (Lipinski definition) is 21. The standard InChI is InChI=1S/C62H103N15O17.2C2HF3O2/c1-11-33(8)42-56(89)75-43(34(9)79)55(88)68-28-41(80)73-45(48(82)50(64)83)58(91)72-40(29-78)60(93)94-49(35-19-14-12-15-20-35)46(77-54(87)39(26-31(4)5)70-51(84)36(63)27-62(10)22-16-13-17-23-62)59(92)76-44(47(81)32(6)7)57(90)71-38(25-30(2)3)53(86)69-37(52(85)74-42)21-18-24-67-61(65)66;2*3-2(4,5)1(6)7/h12,14-15,19-20,30-34,36-40,42-49,78-79,81-82H,11,13,16-18,21-29,63H2,1-10H3,(H2,64,83)(H,68,88)(H,69,86)(H,70,84)(H,71,90)(H,72,91)(H,73,80)(H,74,85)(H,75,89)(H,76,92)(H,77,87)(H4,65,66,67);2*(H,6,7)/t33-,34-,36+,37+,38-,39-,40-,42?,43?,44-,45-,46-,47+,48-,49+;;/m0../s1. The van der Waals surface area contributed by atoms with E-state index in [2.05, 4.69) is 47.5 Å². The Morgan fingerprint density at radius 3 is 1.63 bits per heavy atom. The molecule has 1 aromatic rings. The van der Waals surface area contributed by atoms with E-state index >= 15 is 4.79 Å². The number of halogens is 6. The van der Waals surface area contributed by atoms with Gasteiger partial charge in [0, 0.05) is 6.54 Å². The molecule has 3 rings (SSSR count). The van der Waals surface area contributed by atoms with Crippen LogP contribution in [0.3, 0.4) is 0 Å². The van der Waals surface area contributed by atoms with Gasteiger partial charge in [-0.3, -0.25) is 57.7 Å². The van der Waals surface area contributed by atoms with Crippen LogP contribution in [0.25, 0.3) is 0 Å². The number of amides is 11. The van der Waals surface area contributed by atoms with Crippen molar-refractivity contribution in [1.29, 1.82) is 0 Å². The Morgan fingerprint density at radius 2 is 1.15 bits per heavy atom. The Kier molecular flexibility index (Phi) is 40.5. The number of carboxylic acid groups (broad SMARTS) is 2. The number of esters is 1. The van der Waals surface area contributed by atoms with Crippen LogP contribution in [0, 0.1) is 29.1 Å². The van der Waals surface area contributed by atoms with Crippen LogP contribution in [0.4, 0.5) is 26.3 Å². The minimum absolute atomic E-state index is 0.0465. The first kappa shape index (κ1) is 96.5. The van der Waals surface area contributed by atoms with E-state index < -0.39 is 205 Å². The summed E-state index contributed by atoms with van der Waals surface area (Å²) in [6.45, 7) is 13.8. The molecule has 36 nitrogen and oxygen atoms in total. The van der Waals surface area contributed by atoms with Gasteiger partial charge in [0.05, 0.1) is 31.4 Å². The normalized spacial score (nSPS) is 23.8. The molecule has 612 valence electrons. The number of aliphatic hydroxyl groups excluding tert-OH is 4. The molecule has 42 heteroatoms. The number of aliphatic hydroxyl groups is 4. The van der Waals surface area contributed by atoms with Gasteiger partial charge in [-0.1, -0.05) is 118 Å². The van der Waals surface area contributed by atoms with Crippen LogP contribution in [-0.2, 0) is 71.9 Å². The van der Waals surface area contributed by atoms with Crippen LogP contribution in [0.5, 0.6) is 0 Å². The molecule has 2 fully saturated rings. The third-order valence-electron chi connectivity index (χ3n) is 17.0. The van der Waals surface area contributed by atoms with E-state index in [9.17, 15) is 99.5 Å². The summed E-state index contributed by atoms with van der Waals surface area (Å²) in [6.07, 6.45) is -13.6. The van der Waals surface area contributed by atoms with Crippen LogP contribution in [0.1, 0.15) is 152 Å². The number of benzene rings is 1. The lowest BCUT2D eigenvalue weighted by molar-refractivity contribution is -0.193. The minimum Gasteiger partial charge on any atom is -0.475 e. The van der Waals surface area contributed by atoms with Gasteiger partial charge in [-0.25, -0.2) is 14.4 Å². The molecule has 1 aliphatic heterocycles. The van der Waals surface area contributed by atoms with Crippen molar-refractivity contribution in [2.24, 2.45) is 57.0 Å². The average Bonchev–Trinajstić information content (AvgIpc) is 0.810. The number of primary amides is 1. The summed E-state index contributed by atoms with van der Waals surface area (Å²) in [6, 6.07) is -10.7. The second-order valence-corrected chi connectivity index (χ2v) is 27.6. The van der Waals surface area contributed by atoms with Crippen molar-refractivity contribution in [1.82, 2.24) is 53.2 Å². The predicted octanol–water partition coefficient (Wildman–Crippen LogP) is -2.85. The van der Waals surface area contributed by atoms with Gasteiger partial charge in [-0.15, -0.1) is 0 Å². The summed E-state index contributed by atoms with van der Waals surface area (Å²) in [5.41, 5.74) is 22.7. The molecule has 0 spiro atoms. The molecule has 24 N–H and O–H groups in total. The summed E-state index contributed by atoms with van der Waals surface area (Å²) in [4.78, 5) is 193. The second kappa shape index (κ2) is 45.3. The van der Waals surface area contributed by atoms with Crippen LogP contribution >= 0.6 is 0 Å². The zero-order valence-corrected chi connectivity index (χ0v) is 61.5. The Balaban J connectivity index is 0.00000377. The third kappa shape index (κ3) is 33.7. The average molecular weight is 1560 g/mol. The summed E-state index contributed by atoms with van der Waals surface area (Å²) >= 11 is 0. The SMILES string of the molecule is CC[C@H](C)C1NC(=O)[C@@H](CCCN=C(N)N)NC(=O)[C@H](CC(C)C)NC(=O)[C@H]([C@H](O)C(C)C)NC(=O)[C@@H](NC(=O)[C@H](CC(C)C)NC(=O)[C@H](N)CC2(C)CCCCC2)[C@@H](c2ccccc2)OC(=O)[C@H](CO)NC(=O)[C@H]([C@H](O)C(N)=O)NC(=O)CNC(=O)C([C@H](C)O)NC1=O.O=C(O)C(F)(F)F.O=C(O)C(F)(F)F. The van der Waals surface area contributed by atoms with Gasteiger partial charge in [0.15, 0.2) is 24.2 Å². The topological polar surface area (TPSA) is 606 Å². The van der Waals surface area contributed by atoms with Crippen molar-refractivity contribution in [3.63, 3.8) is 0 Å². The number of nitrogens with zero attached hydrogens (tertiary/aromatic N) is 1. The number of guanidine groups is 1. The van der Waals surface area contributed by atoms with Crippen molar-refractivity contribution in [2.75, 3.05) is 19.7 Å². The molecule has 15 atom stereocenters. The van der Waals surface area contributed by atoms with Gasteiger partial charge in [0.1, 0.15) is 48.3 Å². The van der Waals surface area contributed by atoms with Crippen molar-refractivity contribution >= 4 is 88.8 Å². The van der Waals surface area contributed by atoms with E-state index in [0.29, 0.717) is 0 Å². The third-order valence-corrected chi connectivity index (χ3v) is 17.0. The highest BCUT2D eigenvalue weighted by molar-refractivity contribution is 6.00. The molecular weight excluding hydrogens is 1450 g/mol. The van der Waals surface area contributed by atoms with Gasteiger partial charge in [0.2, 0.25) is 65.0 Å². The Hall–Kier alpha value is -9.55. The molecular formula is C66H105F6N15O21. The van der Waals surface area contributed by atoms with Crippen LogP contribution < -0.4 is 76.1 Å². The maximum absolute atomic E-state index is 15.5. The maximum Gasteiger partial charge on any atom is 0.490 e. The minimum atomic E-state index is -5.08. The van der Waals surface area contributed by atoms with E-state index in [1.165, 1.54) is 44.2 Å². The molecule has 2 aliphatic rings. The smallest absolute Gasteiger partial charge is 0.475 e. The fourth-order valence-corrected chi connectivity index (χ4v) is 10.9. The van der Waals surface area contributed by atoms with E-state index in [4.69, 9.17) is 47.5 Å². The number of cyclic esters (lactones) is 1. The van der Waals surface area contributed by atoms with Crippen molar-refractivity contribution < 1.29 is 129 Å². The van der Waals surface area contributed by atoms with Crippen molar-refractivity contribution in [3.8, 4) is 0 Å². The lowest BCUT2D eigenvalue weighted by Crippen LogP contribution is -2.64. The number of aliphatic carboxylic acids is 2. The number of alkyl halides is 6. The monoisotopic (exact) mass is 1560 g/mol. The molecule has 0 radical (unpaired) electrons. The molecule has 2 unspecified atom stereocenters.